The Morgan fingerprint density at radius 2 is 2.00 bits per heavy atom. The van der Waals surface area contributed by atoms with Crippen molar-refractivity contribution in [1.82, 2.24) is 5.32 Å². The maximum Gasteiger partial charge on any atom is 0.117 e. The van der Waals surface area contributed by atoms with Crippen LogP contribution >= 0.6 is 0 Å². The Kier molecular flexibility index (Phi) is 4.21. The smallest absolute Gasteiger partial charge is 0.117 e. The van der Waals surface area contributed by atoms with Gasteiger partial charge in [0.1, 0.15) is 11.5 Å². The summed E-state index contributed by atoms with van der Waals surface area (Å²) in [6, 6.07) is 4.59. The Hall–Kier alpha value is -0.760. The lowest BCUT2D eigenvalue weighted by atomic mass is 10.1. The van der Waals surface area contributed by atoms with E-state index < -0.39 is 0 Å². The van der Waals surface area contributed by atoms with E-state index in [9.17, 15) is 0 Å². The topological polar surface area (TPSA) is 25.2 Å². The second-order valence-electron chi connectivity index (χ2n) is 4.42. The normalized spacial score (nSPS) is 13.5. The average Bonchev–Trinajstić information content (AvgIpc) is 2.47. The van der Waals surface area contributed by atoms with E-state index in [0.29, 0.717) is 6.04 Å². The Balaban J connectivity index is 2.26. The molecule has 0 saturated carbocycles. The molecule has 0 spiro atoms. The molecule has 0 saturated heterocycles. The van der Waals surface area contributed by atoms with E-state index in [0.717, 1.165) is 24.0 Å². The van der Waals surface area contributed by atoms with E-state index >= 15 is 0 Å². The van der Waals surface area contributed by atoms with Crippen LogP contribution in [-0.2, 0) is 6.54 Å². The van der Waals surface area contributed by atoms with Crippen molar-refractivity contribution in [3.05, 3.63) is 23.7 Å². The lowest BCUT2D eigenvalue weighted by molar-refractivity contribution is 0.404. The highest BCUT2D eigenvalue weighted by Crippen LogP contribution is 2.08. The molecule has 1 atom stereocenters. The molecule has 1 heterocycles. The lowest BCUT2D eigenvalue weighted by Gasteiger charge is -2.14. The summed E-state index contributed by atoms with van der Waals surface area (Å²) in [7, 11) is 0. The van der Waals surface area contributed by atoms with Gasteiger partial charge in [-0.25, -0.2) is 0 Å². The predicted molar refractivity (Wildman–Crippen MR) is 59.2 cm³/mol. The van der Waals surface area contributed by atoms with Gasteiger partial charge in [-0.1, -0.05) is 13.8 Å². The first-order chi connectivity index (χ1) is 6.58. The molecule has 0 fully saturated rings. The van der Waals surface area contributed by atoms with E-state index in [1.54, 1.807) is 0 Å². The zero-order valence-electron chi connectivity index (χ0n) is 9.63. The van der Waals surface area contributed by atoms with Gasteiger partial charge in [-0.15, -0.1) is 0 Å². The zero-order valence-corrected chi connectivity index (χ0v) is 9.63. The first kappa shape index (κ1) is 11.3. The van der Waals surface area contributed by atoms with Crippen LogP contribution in [0.15, 0.2) is 16.5 Å². The Bertz CT molecular complexity index is 265. The molecule has 1 N–H and O–H groups in total. The highest BCUT2D eigenvalue weighted by Gasteiger charge is 2.05. The molecule has 0 bridgehead atoms. The first-order valence-electron chi connectivity index (χ1n) is 5.36. The van der Waals surface area contributed by atoms with Crippen molar-refractivity contribution in [2.24, 2.45) is 5.92 Å². The number of furan rings is 1. The largest absolute Gasteiger partial charge is 0.465 e. The Labute approximate surface area is 86.7 Å². The van der Waals surface area contributed by atoms with Crippen LogP contribution in [-0.4, -0.2) is 6.04 Å². The molecule has 0 aromatic carbocycles. The van der Waals surface area contributed by atoms with Gasteiger partial charge in [-0.3, -0.25) is 0 Å². The standard InChI is InChI=1S/C12H21NO/c1-9(2)7-10(3)13-8-12-6-5-11(4)14-12/h5-6,9-10,13H,7-8H2,1-4H3. The van der Waals surface area contributed by atoms with Crippen molar-refractivity contribution >= 4 is 0 Å². The fraction of sp³-hybridized carbons (Fsp3) is 0.667. The maximum absolute atomic E-state index is 5.48. The highest BCUT2D eigenvalue weighted by atomic mass is 16.3. The van der Waals surface area contributed by atoms with Gasteiger partial charge in [-0.2, -0.15) is 0 Å². The second-order valence-corrected chi connectivity index (χ2v) is 4.42. The number of aryl methyl sites for hydroxylation is 1. The summed E-state index contributed by atoms with van der Waals surface area (Å²) in [4.78, 5) is 0. The zero-order chi connectivity index (χ0) is 10.6. The highest BCUT2D eigenvalue weighted by molar-refractivity contribution is 5.05. The van der Waals surface area contributed by atoms with Crippen LogP contribution in [0, 0.1) is 12.8 Å². The molecule has 0 amide bonds. The SMILES string of the molecule is Cc1ccc(CNC(C)CC(C)C)o1. The summed E-state index contributed by atoms with van der Waals surface area (Å²) in [5, 5.41) is 3.45. The molecule has 0 radical (unpaired) electrons. The van der Waals surface area contributed by atoms with Crippen molar-refractivity contribution in [2.45, 2.75) is 46.7 Å². The summed E-state index contributed by atoms with van der Waals surface area (Å²) in [5.41, 5.74) is 0. The third kappa shape index (κ3) is 3.97. The Morgan fingerprint density at radius 3 is 2.50 bits per heavy atom. The van der Waals surface area contributed by atoms with Crippen molar-refractivity contribution in [3.8, 4) is 0 Å². The third-order valence-electron chi connectivity index (χ3n) is 2.25. The average molecular weight is 195 g/mol. The fourth-order valence-corrected chi connectivity index (χ4v) is 1.65. The van der Waals surface area contributed by atoms with E-state index in [1.165, 1.54) is 6.42 Å². The molecule has 2 heteroatoms. The fourth-order valence-electron chi connectivity index (χ4n) is 1.65. The van der Waals surface area contributed by atoms with Gasteiger partial charge in [0, 0.05) is 6.04 Å². The van der Waals surface area contributed by atoms with Gasteiger partial charge in [0.05, 0.1) is 6.54 Å². The first-order valence-corrected chi connectivity index (χ1v) is 5.36. The van der Waals surface area contributed by atoms with Crippen LogP contribution in [0.2, 0.25) is 0 Å². The molecular weight excluding hydrogens is 174 g/mol. The number of hydrogen-bond donors (Lipinski definition) is 1. The van der Waals surface area contributed by atoms with E-state index in [4.69, 9.17) is 4.42 Å². The van der Waals surface area contributed by atoms with E-state index in [-0.39, 0.29) is 0 Å². The number of rotatable bonds is 5. The molecule has 14 heavy (non-hydrogen) atoms. The molecule has 1 aromatic rings. The monoisotopic (exact) mass is 195 g/mol. The predicted octanol–water partition coefficient (Wildman–Crippen LogP) is 3.11. The van der Waals surface area contributed by atoms with Crippen LogP contribution < -0.4 is 5.32 Å². The van der Waals surface area contributed by atoms with Gasteiger partial charge in [0.2, 0.25) is 0 Å². The van der Waals surface area contributed by atoms with Crippen molar-refractivity contribution in [3.63, 3.8) is 0 Å². The molecule has 0 aliphatic rings. The van der Waals surface area contributed by atoms with E-state index in [1.807, 2.05) is 19.1 Å². The molecule has 0 aliphatic carbocycles. The maximum atomic E-state index is 5.48. The minimum Gasteiger partial charge on any atom is -0.465 e. The summed E-state index contributed by atoms with van der Waals surface area (Å²) in [6.07, 6.45) is 1.21. The molecule has 1 unspecified atom stereocenters. The minimum atomic E-state index is 0.556. The molecular formula is C12H21NO. The van der Waals surface area contributed by atoms with Gasteiger partial charge >= 0.3 is 0 Å². The second kappa shape index (κ2) is 5.20. The van der Waals surface area contributed by atoms with Gasteiger partial charge < -0.3 is 9.73 Å². The number of nitrogens with one attached hydrogen (secondary N) is 1. The van der Waals surface area contributed by atoms with Crippen LogP contribution in [0.5, 0.6) is 0 Å². The molecule has 2 nitrogen and oxygen atoms in total. The lowest BCUT2D eigenvalue weighted by Crippen LogP contribution is -2.26. The van der Waals surface area contributed by atoms with Gasteiger partial charge in [0.25, 0.3) is 0 Å². The third-order valence-corrected chi connectivity index (χ3v) is 2.25. The van der Waals surface area contributed by atoms with Crippen molar-refractivity contribution < 1.29 is 4.42 Å². The van der Waals surface area contributed by atoms with Crippen LogP contribution in [0.3, 0.4) is 0 Å². The van der Waals surface area contributed by atoms with Crippen molar-refractivity contribution in [1.29, 1.82) is 0 Å². The molecule has 0 aliphatic heterocycles. The summed E-state index contributed by atoms with van der Waals surface area (Å²) >= 11 is 0. The van der Waals surface area contributed by atoms with Gasteiger partial charge in [-0.05, 0) is 38.3 Å². The van der Waals surface area contributed by atoms with Gasteiger partial charge in [0.15, 0.2) is 0 Å². The van der Waals surface area contributed by atoms with E-state index in [2.05, 4.69) is 26.1 Å². The van der Waals surface area contributed by atoms with Crippen LogP contribution in [0.4, 0.5) is 0 Å². The van der Waals surface area contributed by atoms with Crippen molar-refractivity contribution in [2.75, 3.05) is 0 Å². The summed E-state index contributed by atoms with van der Waals surface area (Å²) in [5.74, 6) is 2.76. The summed E-state index contributed by atoms with van der Waals surface area (Å²) < 4.78 is 5.48. The number of hydrogen-bond acceptors (Lipinski definition) is 2. The minimum absolute atomic E-state index is 0.556. The van der Waals surface area contributed by atoms with Crippen LogP contribution in [0.1, 0.15) is 38.7 Å². The quantitative estimate of drug-likeness (QED) is 0.781. The Morgan fingerprint density at radius 1 is 1.29 bits per heavy atom. The molecule has 1 aromatic heterocycles. The molecule has 1 rings (SSSR count). The van der Waals surface area contributed by atoms with Crippen LogP contribution in [0.25, 0.3) is 0 Å². The molecule has 80 valence electrons. The summed E-state index contributed by atoms with van der Waals surface area (Å²) in [6.45, 7) is 9.52.